The second kappa shape index (κ2) is 12.0. The number of carbonyl (C=O) groups excluding carboxylic acids is 3. The van der Waals surface area contributed by atoms with Crippen LogP contribution < -0.4 is 0 Å². The van der Waals surface area contributed by atoms with Crippen molar-refractivity contribution < 1.29 is 58.5 Å². The molecule has 1 heterocycles. The van der Waals surface area contributed by atoms with Crippen LogP contribution in [0.3, 0.4) is 0 Å². The first-order chi connectivity index (χ1) is 15.6. The van der Waals surface area contributed by atoms with Crippen LogP contribution in [-0.4, -0.2) is 103 Å². The minimum atomic E-state index is -1.78. The van der Waals surface area contributed by atoms with E-state index in [1.165, 1.54) is 14.0 Å². The number of methoxy groups -OCH3 is 1. The molecule has 0 aliphatic carbocycles. The third-order valence-electron chi connectivity index (χ3n) is 4.95. The number of esters is 1. The van der Waals surface area contributed by atoms with Gasteiger partial charge in [0, 0.05) is 12.7 Å². The molecule has 4 N–H and O–H groups in total. The van der Waals surface area contributed by atoms with Gasteiger partial charge in [-0.3, -0.25) is 9.59 Å². The molecule has 12 heteroatoms. The first-order valence-corrected chi connectivity index (χ1v) is 10.0. The van der Waals surface area contributed by atoms with Crippen LogP contribution in [-0.2, 0) is 28.5 Å². The van der Waals surface area contributed by atoms with Gasteiger partial charge in [-0.2, -0.15) is 0 Å². The molecule has 2 rings (SSSR count). The summed E-state index contributed by atoms with van der Waals surface area (Å²) >= 11 is 0. The Labute approximate surface area is 189 Å². The number of hydrogen-bond acceptors (Lipinski definition) is 12. The van der Waals surface area contributed by atoms with E-state index >= 15 is 0 Å². The van der Waals surface area contributed by atoms with Crippen LogP contribution in [0, 0.1) is 5.41 Å². The number of carbonyl (C=O) groups is 3. The summed E-state index contributed by atoms with van der Waals surface area (Å²) in [5.74, 6) is -1.34. The smallest absolute Gasteiger partial charge is 0.462 e. The lowest BCUT2D eigenvalue weighted by Crippen LogP contribution is -2.59. The maximum atomic E-state index is 12.6. The van der Waals surface area contributed by atoms with Crippen molar-refractivity contribution in [3.05, 3.63) is 35.9 Å². The molecule has 0 aromatic heterocycles. The number of Topliss-reactive ketones (excluding diaryl/α,β-unsaturated/α-hetero) is 1. The highest BCUT2D eigenvalue weighted by Crippen LogP contribution is 2.23. The Morgan fingerprint density at radius 1 is 0.939 bits per heavy atom. The van der Waals surface area contributed by atoms with Crippen molar-refractivity contribution in [1.29, 1.82) is 0 Å². The number of aliphatic hydroxyl groups excluding tert-OH is 4. The summed E-state index contributed by atoms with van der Waals surface area (Å²) in [5.41, 5.74) is -1.14. The Morgan fingerprint density at radius 2 is 1.61 bits per heavy atom. The number of hydrogen-bond donors (Lipinski definition) is 4. The molecule has 1 aliphatic heterocycles. The van der Waals surface area contributed by atoms with E-state index in [4.69, 9.17) is 23.7 Å². The molecule has 0 spiro atoms. The SMILES string of the molecule is COCC(C)(COC(=O)OCC(=O)c1ccccc1)C(=O)OCC1OC(O)C(O)C(O)C1O. The second-order valence-electron chi connectivity index (χ2n) is 7.75. The molecule has 1 aliphatic rings. The highest BCUT2D eigenvalue weighted by atomic mass is 16.7. The molecule has 1 aromatic carbocycles. The van der Waals surface area contributed by atoms with E-state index in [9.17, 15) is 34.8 Å². The Balaban J connectivity index is 1.86. The zero-order valence-electron chi connectivity index (χ0n) is 18.2. The van der Waals surface area contributed by atoms with Gasteiger partial charge >= 0.3 is 12.1 Å². The summed E-state index contributed by atoms with van der Waals surface area (Å²) in [7, 11) is 1.31. The molecular weight excluding hydrogens is 444 g/mol. The fraction of sp³-hybridized carbons (Fsp3) is 0.571. The van der Waals surface area contributed by atoms with Gasteiger partial charge in [-0.25, -0.2) is 4.79 Å². The summed E-state index contributed by atoms with van der Waals surface area (Å²) in [6.07, 6.45) is -9.34. The minimum absolute atomic E-state index is 0.222. The van der Waals surface area contributed by atoms with Gasteiger partial charge < -0.3 is 44.1 Å². The molecular formula is C21H28O12. The zero-order chi connectivity index (χ0) is 24.6. The molecule has 0 saturated carbocycles. The molecule has 1 aromatic rings. The lowest BCUT2D eigenvalue weighted by molar-refractivity contribution is -0.288. The van der Waals surface area contributed by atoms with E-state index in [0.29, 0.717) is 5.56 Å². The van der Waals surface area contributed by atoms with Crippen LogP contribution in [0.15, 0.2) is 30.3 Å². The van der Waals surface area contributed by atoms with E-state index in [0.717, 1.165) is 0 Å². The summed E-state index contributed by atoms with van der Waals surface area (Å²) in [4.78, 5) is 36.5. The summed E-state index contributed by atoms with van der Waals surface area (Å²) < 4.78 is 24.8. The number of rotatable bonds is 10. The van der Waals surface area contributed by atoms with Gasteiger partial charge in [0.25, 0.3) is 0 Å². The fourth-order valence-corrected chi connectivity index (χ4v) is 2.97. The van der Waals surface area contributed by atoms with Crippen molar-refractivity contribution in [2.45, 2.75) is 37.6 Å². The van der Waals surface area contributed by atoms with Crippen molar-refractivity contribution in [3.8, 4) is 0 Å². The Morgan fingerprint density at radius 3 is 2.24 bits per heavy atom. The zero-order valence-corrected chi connectivity index (χ0v) is 18.2. The normalized spacial score (nSPS) is 26.7. The molecule has 0 radical (unpaired) electrons. The molecule has 1 fully saturated rings. The standard InChI is InChI=1S/C21H28O12/c1-21(10-29-2,11-32-20(28)31-8-13(22)12-6-4-3-5-7-12)19(27)30-9-14-15(23)16(24)17(25)18(26)33-14/h3-7,14-18,23-26H,8-11H2,1-2H3. The first kappa shape index (κ1) is 26.6. The molecule has 12 nitrogen and oxygen atoms in total. The van der Waals surface area contributed by atoms with Gasteiger partial charge in [0.2, 0.25) is 0 Å². The monoisotopic (exact) mass is 472 g/mol. The van der Waals surface area contributed by atoms with E-state index in [-0.39, 0.29) is 6.61 Å². The summed E-state index contributed by atoms with van der Waals surface area (Å²) in [6.45, 7) is -0.485. The summed E-state index contributed by atoms with van der Waals surface area (Å²) in [6, 6.07) is 8.18. The molecule has 6 unspecified atom stereocenters. The average Bonchev–Trinajstić information content (AvgIpc) is 2.81. The van der Waals surface area contributed by atoms with Crippen LogP contribution in [0.25, 0.3) is 0 Å². The fourth-order valence-electron chi connectivity index (χ4n) is 2.97. The van der Waals surface area contributed by atoms with Crippen molar-refractivity contribution in [2.24, 2.45) is 5.41 Å². The Hall–Kier alpha value is -2.61. The van der Waals surface area contributed by atoms with Crippen LogP contribution >= 0.6 is 0 Å². The van der Waals surface area contributed by atoms with Gasteiger partial charge in [-0.05, 0) is 6.92 Å². The van der Waals surface area contributed by atoms with Gasteiger partial charge in [-0.15, -0.1) is 0 Å². The Kier molecular flexibility index (Phi) is 9.70. The average molecular weight is 472 g/mol. The van der Waals surface area contributed by atoms with Gasteiger partial charge in [0.1, 0.15) is 43.0 Å². The topological polar surface area (TPSA) is 178 Å². The molecule has 33 heavy (non-hydrogen) atoms. The van der Waals surface area contributed by atoms with E-state index in [1.807, 2.05) is 0 Å². The number of aliphatic hydroxyl groups is 4. The van der Waals surface area contributed by atoms with E-state index < -0.39 is 73.8 Å². The predicted molar refractivity (Wildman–Crippen MR) is 108 cm³/mol. The number of ketones is 1. The summed E-state index contributed by atoms with van der Waals surface area (Å²) in [5, 5.41) is 38.7. The van der Waals surface area contributed by atoms with Crippen LogP contribution in [0.5, 0.6) is 0 Å². The third-order valence-corrected chi connectivity index (χ3v) is 4.95. The molecule has 184 valence electrons. The minimum Gasteiger partial charge on any atom is -0.462 e. The van der Waals surface area contributed by atoms with E-state index in [2.05, 4.69) is 0 Å². The van der Waals surface area contributed by atoms with Crippen molar-refractivity contribution in [3.63, 3.8) is 0 Å². The number of ether oxygens (including phenoxy) is 5. The molecule has 0 amide bonds. The maximum absolute atomic E-state index is 12.6. The first-order valence-electron chi connectivity index (χ1n) is 10.0. The highest BCUT2D eigenvalue weighted by molar-refractivity contribution is 5.97. The highest BCUT2D eigenvalue weighted by Gasteiger charge is 2.44. The molecule has 6 atom stereocenters. The Bertz CT molecular complexity index is 800. The van der Waals surface area contributed by atoms with Gasteiger partial charge in [0.15, 0.2) is 18.7 Å². The van der Waals surface area contributed by atoms with Gasteiger partial charge in [0.05, 0.1) is 6.61 Å². The lowest BCUT2D eigenvalue weighted by atomic mass is 9.93. The second-order valence-corrected chi connectivity index (χ2v) is 7.75. The predicted octanol–water partition coefficient (Wildman–Crippen LogP) is -0.982. The van der Waals surface area contributed by atoms with Gasteiger partial charge in [-0.1, -0.05) is 30.3 Å². The van der Waals surface area contributed by atoms with Crippen molar-refractivity contribution >= 4 is 17.9 Å². The number of benzene rings is 1. The largest absolute Gasteiger partial charge is 0.508 e. The van der Waals surface area contributed by atoms with Crippen LogP contribution in [0.2, 0.25) is 0 Å². The van der Waals surface area contributed by atoms with Crippen molar-refractivity contribution in [2.75, 3.05) is 33.5 Å². The quantitative estimate of drug-likeness (QED) is 0.242. The van der Waals surface area contributed by atoms with E-state index in [1.54, 1.807) is 30.3 Å². The van der Waals surface area contributed by atoms with Crippen LogP contribution in [0.4, 0.5) is 4.79 Å². The third kappa shape index (κ3) is 7.19. The maximum Gasteiger partial charge on any atom is 0.508 e. The lowest BCUT2D eigenvalue weighted by Gasteiger charge is -2.38. The molecule has 1 saturated heterocycles. The van der Waals surface area contributed by atoms with Crippen LogP contribution in [0.1, 0.15) is 17.3 Å². The van der Waals surface area contributed by atoms with Crippen molar-refractivity contribution in [1.82, 2.24) is 0 Å². The molecule has 0 bridgehead atoms.